The molecule has 1 amide bonds. The first-order chi connectivity index (χ1) is 17.6. The highest BCUT2D eigenvalue weighted by atomic mass is 16.6. The first-order valence-corrected chi connectivity index (χ1v) is 14.0. The van der Waals surface area contributed by atoms with Crippen LogP contribution in [0.4, 0.5) is 10.6 Å². The molecule has 0 saturated carbocycles. The lowest BCUT2D eigenvalue weighted by atomic mass is 9.90. The van der Waals surface area contributed by atoms with Gasteiger partial charge in [0, 0.05) is 19.6 Å². The summed E-state index contributed by atoms with van der Waals surface area (Å²) in [7, 11) is 0. The highest BCUT2D eigenvalue weighted by Crippen LogP contribution is 2.26. The van der Waals surface area contributed by atoms with Gasteiger partial charge in [-0.05, 0) is 91.1 Å². The number of nitrogen functional groups attached to an aromatic ring is 1. The summed E-state index contributed by atoms with van der Waals surface area (Å²) in [6, 6.07) is 0.317. The summed E-state index contributed by atoms with van der Waals surface area (Å²) in [6.45, 7) is 14.8. The fraction of sp³-hybridized carbons (Fsp3) is 0.778. The molecule has 0 aromatic carbocycles. The second-order valence-electron chi connectivity index (χ2n) is 11.8. The summed E-state index contributed by atoms with van der Waals surface area (Å²) in [6.07, 6.45) is 9.05. The normalized spacial score (nSPS) is 19.3. The number of nitrogens with zero attached hydrogens (tertiary/aromatic N) is 6. The number of ether oxygens (including phenoxy) is 2. The van der Waals surface area contributed by atoms with Crippen LogP contribution in [0.3, 0.4) is 0 Å². The molecule has 37 heavy (non-hydrogen) atoms. The average Bonchev–Trinajstić information content (AvgIpc) is 3.23. The largest absolute Gasteiger partial charge is 0.459 e. The Morgan fingerprint density at radius 2 is 1.81 bits per heavy atom. The molecule has 1 atom stereocenters. The minimum atomic E-state index is -0.440. The van der Waals surface area contributed by atoms with Crippen molar-refractivity contribution in [3.05, 3.63) is 11.9 Å². The van der Waals surface area contributed by atoms with Crippen molar-refractivity contribution < 1.29 is 14.3 Å². The first kappa shape index (κ1) is 27.4. The van der Waals surface area contributed by atoms with Crippen LogP contribution in [0.5, 0.6) is 6.01 Å². The highest BCUT2D eigenvalue weighted by Gasteiger charge is 2.29. The van der Waals surface area contributed by atoms with Crippen LogP contribution in [-0.2, 0) is 11.2 Å². The summed E-state index contributed by atoms with van der Waals surface area (Å²) >= 11 is 0. The second kappa shape index (κ2) is 11.8. The predicted octanol–water partition coefficient (Wildman–Crippen LogP) is 4.18. The molecule has 4 heterocycles. The van der Waals surface area contributed by atoms with Crippen LogP contribution in [0.2, 0.25) is 0 Å². The summed E-state index contributed by atoms with van der Waals surface area (Å²) < 4.78 is 13.3. The Morgan fingerprint density at radius 3 is 2.46 bits per heavy atom. The molecule has 2 fully saturated rings. The van der Waals surface area contributed by atoms with Gasteiger partial charge in [0.2, 0.25) is 0 Å². The molecule has 0 bridgehead atoms. The van der Waals surface area contributed by atoms with Crippen LogP contribution in [-0.4, -0.2) is 79.9 Å². The molecule has 2 aliphatic heterocycles. The Balaban J connectivity index is 1.25. The van der Waals surface area contributed by atoms with Gasteiger partial charge in [-0.1, -0.05) is 13.3 Å². The third kappa shape index (κ3) is 7.46. The van der Waals surface area contributed by atoms with Crippen LogP contribution < -0.4 is 10.5 Å². The Hall–Kier alpha value is -2.62. The van der Waals surface area contributed by atoms with Gasteiger partial charge in [-0.15, -0.1) is 5.10 Å². The zero-order valence-electron chi connectivity index (χ0n) is 23.3. The Kier molecular flexibility index (Phi) is 8.77. The lowest BCUT2D eigenvalue weighted by Gasteiger charge is -2.38. The van der Waals surface area contributed by atoms with Gasteiger partial charge in [-0.3, -0.25) is 0 Å². The van der Waals surface area contributed by atoms with Gasteiger partial charge in [-0.2, -0.15) is 4.98 Å². The lowest BCUT2D eigenvalue weighted by Crippen LogP contribution is -2.44. The molecule has 4 rings (SSSR count). The maximum Gasteiger partial charge on any atom is 0.410 e. The van der Waals surface area contributed by atoms with E-state index in [1.165, 1.54) is 0 Å². The molecule has 2 aliphatic rings. The number of hydrogen-bond donors (Lipinski definition) is 1. The Bertz CT molecular complexity index is 1030. The van der Waals surface area contributed by atoms with E-state index in [-0.39, 0.29) is 12.2 Å². The molecule has 10 nitrogen and oxygen atoms in total. The first-order valence-electron chi connectivity index (χ1n) is 14.0. The number of fused-ring (bicyclic) bond motifs is 1. The van der Waals surface area contributed by atoms with Crippen molar-refractivity contribution in [2.75, 3.05) is 38.5 Å². The number of nitrogens with two attached hydrogens (primary N) is 1. The van der Waals surface area contributed by atoms with Gasteiger partial charge in [0.1, 0.15) is 5.60 Å². The number of amides is 1. The summed E-state index contributed by atoms with van der Waals surface area (Å²) in [5, 5.41) is 4.61. The standard InChI is InChI=1S/C27H45N7O3/c1-6-7-19(2)36-25-30-23(28)24-29-17-22(34(24)31-25)16-20-8-12-32(13-9-20)18-21-10-14-33(15-11-21)26(35)37-27(3,4)5/h17,19-21H,6-16,18H2,1-5H3,(H2,28,30,31)/t19-/m0/s1. The van der Waals surface area contributed by atoms with Crippen LogP contribution in [0, 0.1) is 11.8 Å². The number of aromatic nitrogens is 4. The molecule has 0 aliphatic carbocycles. The van der Waals surface area contributed by atoms with E-state index in [9.17, 15) is 4.79 Å². The van der Waals surface area contributed by atoms with Gasteiger partial charge in [0.15, 0.2) is 11.5 Å². The minimum Gasteiger partial charge on any atom is -0.459 e. The SMILES string of the molecule is CCC[C@H](C)Oc1nc(N)c2ncc(CC3CCN(CC4CCN(C(=O)OC(C)(C)C)CC4)CC3)n2n1. The molecule has 2 saturated heterocycles. The van der Waals surface area contributed by atoms with Crippen molar-refractivity contribution in [2.45, 2.75) is 91.3 Å². The molecule has 0 radical (unpaired) electrons. The smallest absolute Gasteiger partial charge is 0.410 e. The third-order valence-electron chi connectivity index (χ3n) is 7.43. The quantitative estimate of drug-likeness (QED) is 0.557. The number of imidazole rings is 1. The monoisotopic (exact) mass is 515 g/mol. The molecule has 0 unspecified atom stereocenters. The molecular formula is C27H45N7O3. The molecule has 2 N–H and O–H groups in total. The van der Waals surface area contributed by atoms with Gasteiger partial charge in [0.25, 0.3) is 0 Å². The lowest BCUT2D eigenvalue weighted by molar-refractivity contribution is 0.0163. The van der Waals surface area contributed by atoms with Crippen molar-refractivity contribution >= 4 is 17.6 Å². The molecule has 206 valence electrons. The van der Waals surface area contributed by atoms with Crippen molar-refractivity contribution in [1.29, 1.82) is 0 Å². The Morgan fingerprint density at radius 1 is 1.14 bits per heavy atom. The van der Waals surface area contributed by atoms with E-state index in [4.69, 9.17) is 15.2 Å². The van der Waals surface area contributed by atoms with E-state index >= 15 is 0 Å². The summed E-state index contributed by atoms with van der Waals surface area (Å²) in [5.41, 5.74) is 7.38. The fourth-order valence-corrected chi connectivity index (χ4v) is 5.42. The van der Waals surface area contributed by atoms with Gasteiger partial charge >= 0.3 is 12.1 Å². The summed E-state index contributed by atoms with van der Waals surface area (Å²) in [5.74, 6) is 1.58. The zero-order chi connectivity index (χ0) is 26.6. The topological polar surface area (TPSA) is 111 Å². The second-order valence-corrected chi connectivity index (χ2v) is 11.8. The number of piperidine rings is 2. The van der Waals surface area contributed by atoms with Crippen LogP contribution in [0.25, 0.3) is 5.65 Å². The molecule has 10 heteroatoms. The maximum absolute atomic E-state index is 12.3. The van der Waals surface area contributed by atoms with E-state index in [2.05, 4.69) is 26.9 Å². The van der Waals surface area contributed by atoms with Crippen molar-refractivity contribution in [3.8, 4) is 6.01 Å². The van der Waals surface area contributed by atoms with E-state index in [0.29, 0.717) is 29.3 Å². The Labute approximate surface area is 220 Å². The van der Waals surface area contributed by atoms with Crippen molar-refractivity contribution in [2.24, 2.45) is 11.8 Å². The van der Waals surface area contributed by atoms with E-state index in [0.717, 1.165) is 83.4 Å². The number of carbonyl (C=O) groups is 1. The fourth-order valence-electron chi connectivity index (χ4n) is 5.42. The van der Waals surface area contributed by atoms with Gasteiger partial charge in [-0.25, -0.2) is 14.3 Å². The minimum absolute atomic E-state index is 0.0442. The van der Waals surface area contributed by atoms with Crippen molar-refractivity contribution in [3.63, 3.8) is 0 Å². The average molecular weight is 516 g/mol. The summed E-state index contributed by atoms with van der Waals surface area (Å²) in [4.78, 5) is 25.6. The third-order valence-corrected chi connectivity index (χ3v) is 7.43. The van der Waals surface area contributed by atoms with Crippen LogP contribution in [0.1, 0.15) is 78.8 Å². The molecule has 0 spiro atoms. The van der Waals surface area contributed by atoms with E-state index in [1.54, 1.807) is 0 Å². The highest BCUT2D eigenvalue weighted by molar-refractivity contribution is 5.68. The predicted molar refractivity (Wildman–Crippen MR) is 144 cm³/mol. The molecule has 2 aromatic rings. The van der Waals surface area contributed by atoms with Crippen molar-refractivity contribution in [1.82, 2.24) is 29.4 Å². The van der Waals surface area contributed by atoms with Gasteiger partial charge in [0.05, 0.1) is 18.0 Å². The van der Waals surface area contributed by atoms with Crippen LogP contribution in [0.15, 0.2) is 6.20 Å². The number of hydrogen-bond acceptors (Lipinski definition) is 8. The number of anilines is 1. The van der Waals surface area contributed by atoms with Crippen LogP contribution >= 0.6 is 0 Å². The number of likely N-dealkylation sites (tertiary alicyclic amines) is 2. The molecule has 2 aromatic heterocycles. The van der Waals surface area contributed by atoms with Gasteiger partial charge < -0.3 is 25.0 Å². The van der Waals surface area contributed by atoms with E-state index < -0.39 is 5.60 Å². The zero-order valence-corrected chi connectivity index (χ0v) is 23.3. The maximum atomic E-state index is 12.3. The number of carbonyl (C=O) groups excluding carboxylic acids is 1. The van der Waals surface area contributed by atoms with E-state index in [1.807, 2.05) is 43.3 Å². The number of rotatable bonds is 8. The molecular weight excluding hydrogens is 470 g/mol.